The Balaban J connectivity index is 3.08. The number of hydrogen-bond acceptors (Lipinski definition) is 2. The van der Waals surface area contributed by atoms with Gasteiger partial charge in [-0.3, -0.25) is 0 Å². The molecule has 0 saturated heterocycles. The number of ether oxygens (including phenoxy) is 1. The van der Waals surface area contributed by atoms with Crippen LogP contribution in [0.4, 0.5) is 13.2 Å². The minimum Gasteiger partial charge on any atom is -0.465 e. The predicted molar refractivity (Wildman–Crippen MR) is 68.6 cm³/mol. The summed E-state index contributed by atoms with van der Waals surface area (Å²) in [6.45, 7) is 6.71. The lowest BCUT2D eigenvalue weighted by Gasteiger charge is -2.22. The Hall–Kier alpha value is -0.970. The first-order chi connectivity index (χ1) is 8.54. The lowest BCUT2D eigenvalue weighted by molar-refractivity contribution is -0.190. The average molecular weight is 296 g/mol. The van der Waals surface area contributed by atoms with Crippen molar-refractivity contribution in [2.45, 2.75) is 51.3 Å². The molecule has 0 radical (unpaired) electrons. The van der Waals surface area contributed by atoms with Crippen LogP contribution in [0.2, 0.25) is 0 Å². The minimum atomic E-state index is -4.42. The molecule has 19 heavy (non-hydrogen) atoms. The van der Waals surface area contributed by atoms with E-state index in [1.54, 1.807) is 6.07 Å². The highest BCUT2D eigenvalue weighted by molar-refractivity contribution is 6.17. The van der Waals surface area contributed by atoms with Crippen LogP contribution in [0.5, 0.6) is 5.88 Å². The first-order valence-corrected chi connectivity index (χ1v) is 6.38. The summed E-state index contributed by atoms with van der Waals surface area (Å²) in [7, 11) is 0. The van der Waals surface area contributed by atoms with Crippen molar-refractivity contribution < 1.29 is 17.9 Å². The molecular weight excluding hydrogens is 279 g/mol. The lowest BCUT2D eigenvalue weighted by atomic mass is 9.91. The SMILES string of the molecule is CC(Oc1cc(CCl)cc(C(C)(C)C)n1)C(F)(F)F. The van der Waals surface area contributed by atoms with Gasteiger partial charge in [0.15, 0.2) is 6.10 Å². The van der Waals surface area contributed by atoms with Crippen molar-refractivity contribution in [3.05, 3.63) is 23.4 Å². The number of alkyl halides is 4. The molecule has 1 heterocycles. The summed E-state index contributed by atoms with van der Waals surface area (Å²) < 4.78 is 42.3. The number of pyridine rings is 1. The van der Waals surface area contributed by atoms with Gasteiger partial charge in [-0.25, -0.2) is 4.98 Å². The maximum atomic E-state index is 12.5. The highest BCUT2D eigenvalue weighted by atomic mass is 35.5. The van der Waals surface area contributed by atoms with Crippen molar-refractivity contribution in [1.82, 2.24) is 4.98 Å². The van der Waals surface area contributed by atoms with E-state index in [1.807, 2.05) is 20.8 Å². The molecule has 0 spiro atoms. The van der Waals surface area contributed by atoms with E-state index >= 15 is 0 Å². The third-order valence-electron chi connectivity index (χ3n) is 2.54. The third kappa shape index (κ3) is 4.56. The quantitative estimate of drug-likeness (QED) is 0.769. The fourth-order valence-corrected chi connectivity index (χ4v) is 1.48. The van der Waals surface area contributed by atoms with Crippen LogP contribution in [-0.4, -0.2) is 17.3 Å². The Labute approximate surface area is 115 Å². The molecule has 0 aliphatic heterocycles. The molecule has 0 aromatic carbocycles. The van der Waals surface area contributed by atoms with Crippen LogP contribution in [-0.2, 0) is 11.3 Å². The summed E-state index contributed by atoms with van der Waals surface area (Å²) in [5.74, 6) is 0.149. The van der Waals surface area contributed by atoms with E-state index in [0.29, 0.717) is 11.3 Å². The van der Waals surface area contributed by atoms with Gasteiger partial charge in [-0.2, -0.15) is 13.2 Å². The standard InChI is InChI=1S/C13H17ClF3NO/c1-8(13(15,16)17)19-11-6-9(7-14)5-10(18-11)12(2,3)4/h5-6,8H,7H2,1-4H3. The van der Waals surface area contributed by atoms with E-state index in [-0.39, 0.29) is 17.2 Å². The number of rotatable bonds is 3. The highest BCUT2D eigenvalue weighted by Crippen LogP contribution is 2.28. The van der Waals surface area contributed by atoms with E-state index in [2.05, 4.69) is 4.98 Å². The molecule has 6 heteroatoms. The Morgan fingerprint density at radius 1 is 1.26 bits per heavy atom. The van der Waals surface area contributed by atoms with Crippen LogP contribution in [0.3, 0.4) is 0 Å². The number of aromatic nitrogens is 1. The smallest absolute Gasteiger partial charge is 0.425 e. The average Bonchev–Trinajstić information content (AvgIpc) is 2.26. The van der Waals surface area contributed by atoms with Crippen LogP contribution >= 0.6 is 11.6 Å². The molecule has 1 aromatic rings. The maximum Gasteiger partial charge on any atom is 0.425 e. The first kappa shape index (κ1) is 16.1. The molecular formula is C13H17ClF3NO. The second-order valence-electron chi connectivity index (χ2n) is 5.38. The summed E-state index contributed by atoms with van der Waals surface area (Å²) in [6, 6.07) is 3.21. The van der Waals surface area contributed by atoms with Gasteiger partial charge in [-0.05, 0) is 18.6 Å². The van der Waals surface area contributed by atoms with E-state index in [1.165, 1.54) is 6.07 Å². The topological polar surface area (TPSA) is 22.1 Å². The fraction of sp³-hybridized carbons (Fsp3) is 0.615. The second-order valence-corrected chi connectivity index (χ2v) is 5.65. The van der Waals surface area contributed by atoms with Crippen molar-refractivity contribution in [3.8, 4) is 5.88 Å². The molecule has 0 aliphatic rings. The summed E-state index contributed by atoms with van der Waals surface area (Å²) in [5.41, 5.74) is 1.04. The normalized spacial score (nSPS) is 14.3. The number of halogens is 4. The van der Waals surface area contributed by atoms with Crippen molar-refractivity contribution in [1.29, 1.82) is 0 Å². The van der Waals surface area contributed by atoms with E-state index in [9.17, 15) is 13.2 Å². The zero-order valence-electron chi connectivity index (χ0n) is 11.3. The van der Waals surface area contributed by atoms with Crippen molar-refractivity contribution >= 4 is 11.6 Å². The Kier molecular flexibility index (Phi) is 4.72. The molecule has 0 amide bonds. The fourth-order valence-electron chi connectivity index (χ4n) is 1.33. The van der Waals surface area contributed by atoms with Crippen LogP contribution in [0, 0.1) is 0 Å². The van der Waals surface area contributed by atoms with Crippen LogP contribution in [0.15, 0.2) is 12.1 Å². The zero-order valence-corrected chi connectivity index (χ0v) is 12.1. The molecule has 0 aliphatic carbocycles. The zero-order chi connectivity index (χ0) is 14.8. The molecule has 108 valence electrons. The Bertz CT molecular complexity index is 440. The molecule has 1 rings (SSSR count). The molecule has 0 N–H and O–H groups in total. The number of nitrogens with zero attached hydrogens (tertiary/aromatic N) is 1. The van der Waals surface area contributed by atoms with Crippen LogP contribution in [0.25, 0.3) is 0 Å². The van der Waals surface area contributed by atoms with E-state index < -0.39 is 12.3 Å². The van der Waals surface area contributed by atoms with Gasteiger partial charge < -0.3 is 4.74 Å². The van der Waals surface area contributed by atoms with E-state index in [0.717, 1.165) is 6.92 Å². The van der Waals surface area contributed by atoms with Gasteiger partial charge in [0.05, 0.1) is 5.69 Å². The monoisotopic (exact) mass is 295 g/mol. The minimum absolute atomic E-state index is 0.0482. The number of hydrogen-bond donors (Lipinski definition) is 0. The second kappa shape index (κ2) is 5.57. The van der Waals surface area contributed by atoms with Crippen molar-refractivity contribution in [2.75, 3.05) is 0 Å². The van der Waals surface area contributed by atoms with Crippen LogP contribution < -0.4 is 4.74 Å². The molecule has 1 atom stereocenters. The van der Waals surface area contributed by atoms with Gasteiger partial charge in [0.1, 0.15) is 0 Å². The molecule has 2 nitrogen and oxygen atoms in total. The third-order valence-corrected chi connectivity index (χ3v) is 2.85. The van der Waals surface area contributed by atoms with Gasteiger partial charge in [0, 0.05) is 17.4 Å². The molecule has 1 aromatic heterocycles. The van der Waals surface area contributed by atoms with Gasteiger partial charge in [-0.1, -0.05) is 20.8 Å². The predicted octanol–water partition coefficient (Wildman–Crippen LogP) is 4.45. The summed E-state index contributed by atoms with van der Waals surface area (Å²) in [6.07, 6.45) is -6.32. The summed E-state index contributed by atoms with van der Waals surface area (Å²) >= 11 is 5.74. The Morgan fingerprint density at radius 3 is 2.26 bits per heavy atom. The van der Waals surface area contributed by atoms with Gasteiger partial charge in [0.2, 0.25) is 5.88 Å². The maximum absolute atomic E-state index is 12.5. The van der Waals surface area contributed by atoms with Crippen LogP contribution in [0.1, 0.15) is 39.0 Å². The van der Waals surface area contributed by atoms with Gasteiger partial charge >= 0.3 is 6.18 Å². The largest absolute Gasteiger partial charge is 0.465 e. The van der Waals surface area contributed by atoms with Crippen molar-refractivity contribution in [3.63, 3.8) is 0 Å². The molecule has 0 bridgehead atoms. The summed E-state index contributed by atoms with van der Waals surface area (Å²) in [5, 5.41) is 0. The molecule has 0 fully saturated rings. The first-order valence-electron chi connectivity index (χ1n) is 5.85. The Morgan fingerprint density at radius 2 is 1.84 bits per heavy atom. The molecule has 0 saturated carbocycles. The summed E-state index contributed by atoms with van der Waals surface area (Å²) in [4.78, 5) is 4.13. The lowest BCUT2D eigenvalue weighted by Crippen LogP contribution is -2.31. The highest BCUT2D eigenvalue weighted by Gasteiger charge is 2.38. The van der Waals surface area contributed by atoms with Gasteiger partial charge in [0.25, 0.3) is 0 Å². The van der Waals surface area contributed by atoms with Crippen molar-refractivity contribution in [2.24, 2.45) is 0 Å². The van der Waals surface area contributed by atoms with E-state index in [4.69, 9.17) is 16.3 Å². The molecule has 1 unspecified atom stereocenters. The van der Waals surface area contributed by atoms with Gasteiger partial charge in [-0.15, -0.1) is 11.6 Å².